The molecule has 9 rings (SSSR count). The third-order valence-electron chi connectivity index (χ3n) is 11.1. The van der Waals surface area contributed by atoms with Gasteiger partial charge in [-0.3, -0.25) is 9.80 Å². The molecule has 2 aliphatic carbocycles. The van der Waals surface area contributed by atoms with Crippen LogP contribution >= 0.6 is 0 Å². The Bertz CT molecular complexity index is 2120. The van der Waals surface area contributed by atoms with Gasteiger partial charge in [-0.2, -0.15) is 0 Å². The summed E-state index contributed by atoms with van der Waals surface area (Å²) in [6.07, 6.45) is 0.666. The molecule has 1 N–H and O–H groups in total. The predicted molar refractivity (Wildman–Crippen MR) is 193 cm³/mol. The van der Waals surface area contributed by atoms with E-state index in [9.17, 15) is 5.11 Å². The molecule has 1 aliphatic heterocycles. The van der Waals surface area contributed by atoms with E-state index >= 15 is 4.39 Å². The summed E-state index contributed by atoms with van der Waals surface area (Å²) in [5.74, 6) is 1.14. The summed E-state index contributed by atoms with van der Waals surface area (Å²) in [5, 5.41) is 18.4. The average molecular weight is 637 g/mol. The van der Waals surface area contributed by atoms with Gasteiger partial charge < -0.3 is 9.84 Å². The molecule has 242 valence electrons. The quantitative estimate of drug-likeness (QED) is 0.178. The first-order valence-electron chi connectivity index (χ1n) is 17.6. The van der Waals surface area contributed by atoms with Gasteiger partial charge in [0.2, 0.25) is 0 Å². The molecular formula is C43H41FN2O2. The van der Waals surface area contributed by atoms with Gasteiger partial charge in [0.1, 0.15) is 24.6 Å². The number of hydrogen-bond donors (Lipinski definition) is 1. The fraction of sp³-hybridized carbons (Fsp3) is 0.302. The molecule has 48 heavy (non-hydrogen) atoms. The second-order valence-corrected chi connectivity index (χ2v) is 14.1. The first-order chi connectivity index (χ1) is 23.6. The molecule has 0 spiro atoms. The van der Waals surface area contributed by atoms with Gasteiger partial charge in [0.25, 0.3) is 0 Å². The van der Waals surface area contributed by atoms with Gasteiger partial charge >= 0.3 is 0 Å². The van der Waals surface area contributed by atoms with E-state index in [4.69, 9.17) is 4.74 Å². The first-order valence-corrected chi connectivity index (χ1v) is 17.6. The van der Waals surface area contributed by atoms with E-state index in [1.807, 2.05) is 18.2 Å². The van der Waals surface area contributed by atoms with Crippen LogP contribution in [0.15, 0.2) is 115 Å². The number of piperazine rings is 1. The number of rotatable bonds is 7. The lowest BCUT2D eigenvalue weighted by Gasteiger charge is -2.40. The van der Waals surface area contributed by atoms with E-state index < -0.39 is 12.3 Å². The first kappa shape index (κ1) is 29.8. The zero-order chi connectivity index (χ0) is 32.2. The van der Waals surface area contributed by atoms with E-state index in [0.717, 1.165) is 61.3 Å². The van der Waals surface area contributed by atoms with Crippen molar-refractivity contribution in [3.05, 3.63) is 138 Å². The van der Waals surface area contributed by atoms with Crippen LogP contribution in [0.1, 0.15) is 53.2 Å². The molecule has 3 unspecified atom stereocenters. The molecule has 5 heteroatoms. The lowest BCUT2D eigenvalue weighted by Crippen LogP contribution is -2.50. The minimum atomic E-state index is -0.974. The normalized spacial score (nSPS) is 22.3. The molecule has 2 fully saturated rings. The van der Waals surface area contributed by atoms with Gasteiger partial charge in [0, 0.05) is 38.6 Å². The van der Waals surface area contributed by atoms with Gasteiger partial charge in [-0.05, 0) is 85.5 Å². The number of hydrogen-bond acceptors (Lipinski definition) is 4. The Balaban J connectivity index is 0.867. The van der Waals surface area contributed by atoms with Gasteiger partial charge in [0.15, 0.2) is 0 Å². The number of aliphatic hydroxyl groups is 1. The molecule has 6 aromatic rings. The fourth-order valence-electron chi connectivity index (χ4n) is 8.58. The lowest BCUT2D eigenvalue weighted by molar-refractivity contribution is 0.0400. The van der Waals surface area contributed by atoms with Crippen LogP contribution in [-0.2, 0) is 0 Å². The highest BCUT2D eigenvalue weighted by atomic mass is 19.1. The summed E-state index contributed by atoms with van der Waals surface area (Å²) in [6, 6.07) is 40.4. The molecule has 0 bridgehead atoms. The Kier molecular flexibility index (Phi) is 7.64. The molecule has 6 aromatic carbocycles. The van der Waals surface area contributed by atoms with Crippen molar-refractivity contribution in [3.63, 3.8) is 0 Å². The fourth-order valence-corrected chi connectivity index (χ4v) is 8.58. The number of ether oxygens (including phenoxy) is 1. The standard InChI is InChI=1S/C43H41FN2O2/c44-42-38-10-4-6-12-40(38)43(39-11-5-3-9-37(39)41(42)29-13-14-29)46-23-21-45(22-24-46)26-31(47)27-48-32-17-20-34-30(25-32)16-19-35-33-8-2-1-7-28(33)15-18-36(34)35/h1-12,15-20,25,29,31,41-43,47H,13-14,21-24,26-27H2/t31-,41?,42?,43?/m0/s1. The van der Waals surface area contributed by atoms with Gasteiger partial charge in [-0.15, -0.1) is 0 Å². The molecule has 3 aliphatic rings. The van der Waals surface area contributed by atoms with Crippen LogP contribution in [0.5, 0.6) is 5.75 Å². The Morgan fingerprint density at radius 3 is 2.00 bits per heavy atom. The number of fused-ring (bicyclic) bond motifs is 7. The molecule has 1 heterocycles. The van der Waals surface area contributed by atoms with Gasteiger partial charge in [0.05, 0.1) is 6.04 Å². The highest BCUT2D eigenvalue weighted by molar-refractivity contribution is 6.17. The van der Waals surface area contributed by atoms with Crippen LogP contribution in [0.4, 0.5) is 4.39 Å². The maximum Gasteiger partial charge on any atom is 0.133 e. The Morgan fingerprint density at radius 1 is 0.646 bits per heavy atom. The maximum atomic E-state index is 16.3. The molecule has 4 nitrogen and oxygen atoms in total. The third kappa shape index (κ3) is 5.35. The lowest BCUT2D eigenvalue weighted by atomic mass is 9.85. The van der Waals surface area contributed by atoms with Crippen LogP contribution in [-0.4, -0.2) is 60.3 Å². The third-order valence-corrected chi connectivity index (χ3v) is 11.1. The predicted octanol–water partition coefficient (Wildman–Crippen LogP) is 8.81. The maximum absolute atomic E-state index is 16.3. The number of benzene rings is 6. The molecule has 1 saturated carbocycles. The smallest absolute Gasteiger partial charge is 0.133 e. The Morgan fingerprint density at radius 2 is 1.25 bits per heavy atom. The minimum Gasteiger partial charge on any atom is -0.491 e. The van der Waals surface area contributed by atoms with Crippen molar-refractivity contribution < 1.29 is 14.2 Å². The van der Waals surface area contributed by atoms with Crippen molar-refractivity contribution in [1.29, 1.82) is 0 Å². The van der Waals surface area contributed by atoms with Crippen LogP contribution in [0, 0.1) is 5.92 Å². The summed E-state index contributed by atoms with van der Waals surface area (Å²) in [7, 11) is 0. The summed E-state index contributed by atoms with van der Waals surface area (Å²) < 4.78 is 22.5. The number of nitrogens with zero attached hydrogens (tertiary/aromatic N) is 2. The second kappa shape index (κ2) is 12.3. The highest BCUT2D eigenvalue weighted by Crippen LogP contribution is 2.55. The minimum absolute atomic E-state index is 0.0403. The average Bonchev–Trinajstić information content (AvgIpc) is 3.98. The van der Waals surface area contributed by atoms with Crippen molar-refractivity contribution >= 4 is 32.3 Å². The second-order valence-electron chi connectivity index (χ2n) is 14.1. The van der Waals surface area contributed by atoms with Crippen molar-refractivity contribution in [3.8, 4) is 5.75 Å². The number of β-amino-alcohol motifs (C(OH)–C–C–N with tert-alkyl or cyclic N) is 1. The monoisotopic (exact) mass is 636 g/mol. The summed E-state index contributed by atoms with van der Waals surface area (Å²) in [5.41, 5.74) is 4.43. The number of alkyl halides is 1. The zero-order valence-electron chi connectivity index (χ0n) is 27.1. The van der Waals surface area contributed by atoms with E-state index in [-0.39, 0.29) is 18.6 Å². The Hall–Kier alpha value is -4.29. The van der Waals surface area contributed by atoms with Crippen molar-refractivity contribution in [1.82, 2.24) is 9.80 Å². The van der Waals surface area contributed by atoms with Crippen molar-refractivity contribution in [2.24, 2.45) is 5.92 Å². The van der Waals surface area contributed by atoms with Gasteiger partial charge in [-0.1, -0.05) is 103 Å². The van der Waals surface area contributed by atoms with Crippen LogP contribution in [0.25, 0.3) is 32.3 Å². The van der Waals surface area contributed by atoms with E-state index in [0.29, 0.717) is 12.5 Å². The van der Waals surface area contributed by atoms with Crippen LogP contribution in [0.2, 0.25) is 0 Å². The molecular weight excluding hydrogens is 595 g/mol. The molecule has 4 atom stereocenters. The van der Waals surface area contributed by atoms with Gasteiger partial charge in [-0.25, -0.2) is 4.39 Å². The van der Waals surface area contributed by atoms with E-state index in [1.54, 1.807) is 0 Å². The Labute approximate surface area is 281 Å². The highest BCUT2D eigenvalue weighted by Gasteiger charge is 2.44. The van der Waals surface area contributed by atoms with Crippen LogP contribution in [0.3, 0.4) is 0 Å². The van der Waals surface area contributed by atoms with Crippen molar-refractivity contribution in [2.45, 2.75) is 37.1 Å². The molecule has 1 saturated heterocycles. The topological polar surface area (TPSA) is 35.9 Å². The molecule has 0 aromatic heterocycles. The summed E-state index contributed by atoms with van der Waals surface area (Å²) in [4.78, 5) is 4.86. The summed E-state index contributed by atoms with van der Waals surface area (Å²) >= 11 is 0. The zero-order valence-corrected chi connectivity index (χ0v) is 27.1. The van der Waals surface area contributed by atoms with Crippen molar-refractivity contribution in [2.75, 3.05) is 39.3 Å². The largest absolute Gasteiger partial charge is 0.491 e. The number of halogens is 1. The van der Waals surface area contributed by atoms with E-state index in [2.05, 4.69) is 107 Å². The summed E-state index contributed by atoms with van der Waals surface area (Å²) in [6.45, 7) is 4.22. The number of aliphatic hydroxyl groups excluding tert-OH is 1. The molecule has 0 amide bonds. The molecule has 0 radical (unpaired) electrons. The SMILES string of the molecule is O[C@H](COc1ccc2c(ccc3c4ccccc4ccc23)c1)CN1CCN(C2c3ccccc3C(F)C(C3CC3)c3ccccc32)CC1. The van der Waals surface area contributed by atoms with E-state index in [1.165, 1.54) is 38.1 Å². The van der Waals surface area contributed by atoms with Crippen LogP contribution < -0.4 is 4.74 Å².